The van der Waals surface area contributed by atoms with Crippen LogP contribution in [0.25, 0.3) is 6.08 Å². The lowest BCUT2D eigenvalue weighted by Crippen LogP contribution is -2.36. The maximum absolute atomic E-state index is 12.7. The van der Waals surface area contributed by atoms with E-state index in [-0.39, 0.29) is 4.91 Å². The fraction of sp³-hybridized carbons (Fsp3) is 0.190. The highest BCUT2D eigenvalue weighted by atomic mass is 79.9. The minimum absolute atomic E-state index is 0.212. The van der Waals surface area contributed by atoms with Gasteiger partial charge in [0.1, 0.15) is 18.0 Å². The molecule has 0 aliphatic carbocycles. The summed E-state index contributed by atoms with van der Waals surface area (Å²) in [6, 6.07) is 10.1. The number of thioether (sulfide) groups is 1. The predicted octanol–water partition coefficient (Wildman–Crippen LogP) is 5.18. The fourth-order valence-electron chi connectivity index (χ4n) is 2.78. The van der Waals surface area contributed by atoms with Gasteiger partial charge < -0.3 is 14.8 Å². The summed E-state index contributed by atoms with van der Waals surface area (Å²) >= 11 is 10.2. The first-order chi connectivity index (χ1) is 14.8. The van der Waals surface area contributed by atoms with Crippen molar-refractivity contribution < 1.29 is 23.9 Å². The van der Waals surface area contributed by atoms with Crippen molar-refractivity contribution in [3.05, 3.63) is 56.4 Å². The van der Waals surface area contributed by atoms with Crippen LogP contribution in [0.15, 0.2) is 45.8 Å². The summed E-state index contributed by atoms with van der Waals surface area (Å²) < 4.78 is 11.5. The second kappa shape index (κ2) is 10.2. The van der Waals surface area contributed by atoms with Crippen molar-refractivity contribution in [1.29, 1.82) is 0 Å². The van der Waals surface area contributed by atoms with Gasteiger partial charge in [-0.15, -0.1) is 0 Å². The molecule has 3 rings (SSSR count). The highest BCUT2D eigenvalue weighted by molar-refractivity contribution is 9.10. The normalized spacial score (nSPS) is 14.8. The van der Waals surface area contributed by atoms with Crippen LogP contribution in [-0.4, -0.2) is 42.2 Å². The lowest BCUT2D eigenvalue weighted by Gasteiger charge is -2.13. The minimum Gasteiger partial charge on any atom is -0.495 e. The number of benzene rings is 2. The SMILES string of the molecule is CCOc1ccc(Br)cc1/C=C1/SC(=O)N(CC(=O)Nc2ccc(OC)c(Cl)c2)C1=O. The number of hydrogen-bond donors (Lipinski definition) is 1. The smallest absolute Gasteiger partial charge is 0.294 e. The molecule has 0 unspecified atom stereocenters. The highest BCUT2D eigenvalue weighted by Gasteiger charge is 2.36. The Morgan fingerprint density at radius 2 is 1.97 bits per heavy atom. The van der Waals surface area contributed by atoms with E-state index >= 15 is 0 Å². The average molecular weight is 526 g/mol. The Hall–Kier alpha value is -2.49. The summed E-state index contributed by atoms with van der Waals surface area (Å²) in [6.45, 7) is 1.90. The van der Waals surface area contributed by atoms with Gasteiger partial charge in [0.15, 0.2) is 0 Å². The van der Waals surface area contributed by atoms with E-state index in [0.717, 1.165) is 21.1 Å². The molecule has 0 spiro atoms. The second-order valence-electron chi connectivity index (χ2n) is 6.28. The zero-order valence-corrected chi connectivity index (χ0v) is 19.8. The molecule has 10 heteroatoms. The maximum atomic E-state index is 12.7. The van der Waals surface area contributed by atoms with Gasteiger partial charge in [-0.3, -0.25) is 19.3 Å². The first-order valence-corrected chi connectivity index (χ1v) is 11.1. The van der Waals surface area contributed by atoms with Crippen molar-refractivity contribution in [2.24, 2.45) is 0 Å². The lowest BCUT2D eigenvalue weighted by molar-refractivity contribution is -0.127. The zero-order chi connectivity index (χ0) is 22.5. The van der Waals surface area contributed by atoms with Gasteiger partial charge in [-0.2, -0.15) is 0 Å². The molecule has 1 aliphatic heterocycles. The van der Waals surface area contributed by atoms with E-state index in [4.69, 9.17) is 21.1 Å². The van der Waals surface area contributed by atoms with E-state index < -0.39 is 23.6 Å². The molecule has 162 valence electrons. The number of imide groups is 1. The van der Waals surface area contributed by atoms with Crippen LogP contribution in [-0.2, 0) is 9.59 Å². The minimum atomic E-state index is -0.541. The molecule has 1 saturated heterocycles. The Balaban J connectivity index is 1.73. The van der Waals surface area contributed by atoms with Gasteiger partial charge >= 0.3 is 0 Å². The Bertz CT molecular complexity index is 1080. The number of nitrogens with one attached hydrogen (secondary N) is 1. The molecule has 1 fully saturated rings. The van der Waals surface area contributed by atoms with Crippen molar-refractivity contribution in [1.82, 2.24) is 4.90 Å². The van der Waals surface area contributed by atoms with Crippen LogP contribution in [0.5, 0.6) is 11.5 Å². The molecule has 0 atom stereocenters. The number of rotatable bonds is 7. The standard InChI is InChI=1S/C21H18BrClN2O5S/c1-3-30-16-6-4-13(22)8-12(16)9-18-20(27)25(21(28)31-18)11-19(26)24-14-5-7-17(29-2)15(23)10-14/h4-10H,3,11H2,1-2H3,(H,24,26)/b18-9+. The van der Waals surface area contributed by atoms with E-state index in [2.05, 4.69) is 21.2 Å². The van der Waals surface area contributed by atoms with Gasteiger partial charge in [0.25, 0.3) is 11.1 Å². The molecule has 0 radical (unpaired) electrons. The van der Waals surface area contributed by atoms with Crippen molar-refractivity contribution >= 4 is 68.1 Å². The Labute approximate surface area is 196 Å². The van der Waals surface area contributed by atoms with Gasteiger partial charge in [-0.05, 0) is 61.2 Å². The van der Waals surface area contributed by atoms with Crippen molar-refractivity contribution in [2.45, 2.75) is 6.92 Å². The fourth-order valence-corrected chi connectivity index (χ4v) is 4.25. The van der Waals surface area contributed by atoms with Crippen molar-refractivity contribution in [3.63, 3.8) is 0 Å². The van der Waals surface area contributed by atoms with Gasteiger partial charge in [0.2, 0.25) is 5.91 Å². The van der Waals surface area contributed by atoms with Crippen molar-refractivity contribution in [3.8, 4) is 11.5 Å². The van der Waals surface area contributed by atoms with E-state index in [0.29, 0.717) is 34.4 Å². The van der Waals surface area contributed by atoms with Crippen LogP contribution in [0, 0.1) is 0 Å². The Morgan fingerprint density at radius 3 is 2.65 bits per heavy atom. The van der Waals surface area contributed by atoms with Gasteiger partial charge in [0, 0.05) is 15.7 Å². The van der Waals surface area contributed by atoms with Crippen LogP contribution in [0.3, 0.4) is 0 Å². The number of anilines is 1. The molecule has 1 aliphatic rings. The van der Waals surface area contributed by atoms with Gasteiger partial charge in [-0.1, -0.05) is 27.5 Å². The third-order valence-electron chi connectivity index (χ3n) is 4.17. The third kappa shape index (κ3) is 5.61. The number of ether oxygens (including phenoxy) is 2. The Kier molecular flexibility index (Phi) is 7.64. The average Bonchev–Trinajstić information content (AvgIpc) is 2.97. The summed E-state index contributed by atoms with van der Waals surface area (Å²) in [5, 5.41) is 2.43. The zero-order valence-electron chi connectivity index (χ0n) is 16.6. The highest BCUT2D eigenvalue weighted by Crippen LogP contribution is 2.35. The molecule has 7 nitrogen and oxygen atoms in total. The number of amides is 3. The number of carbonyl (C=O) groups is 3. The van der Waals surface area contributed by atoms with Crippen LogP contribution in [0.2, 0.25) is 5.02 Å². The molecule has 2 aromatic rings. The summed E-state index contributed by atoms with van der Waals surface area (Å²) in [6.07, 6.45) is 1.59. The molecule has 0 saturated carbocycles. The predicted molar refractivity (Wildman–Crippen MR) is 125 cm³/mol. The number of methoxy groups -OCH3 is 1. The molecule has 3 amide bonds. The molecular formula is C21H18BrClN2O5S. The third-order valence-corrected chi connectivity index (χ3v) is 5.87. The topological polar surface area (TPSA) is 84.9 Å². The first-order valence-electron chi connectivity index (χ1n) is 9.13. The number of halogens is 2. The molecule has 0 aromatic heterocycles. The Morgan fingerprint density at radius 1 is 1.23 bits per heavy atom. The molecule has 2 aromatic carbocycles. The summed E-state index contributed by atoms with van der Waals surface area (Å²) in [4.78, 5) is 38.6. The molecule has 0 bridgehead atoms. The molecule has 1 heterocycles. The van der Waals surface area contributed by atoms with Crippen LogP contribution >= 0.6 is 39.3 Å². The molecular weight excluding hydrogens is 508 g/mol. The molecule has 1 N–H and O–H groups in total. The van der Waals surface area contributed by atoms with Gasteiger partial charge in [-0.25, -0.2) is 0 Å². The van der Waals surface area contributed by atoms with E-state index in [9.17, 15) is 14.4 Å². The summed E-state index contributed by atoms with van der Waals surface area (Å²) in [7, 11) is 1.48. The van der Waals surface area contributed by atoms with Crippen molar-refractivity contribution in [2.75, 3.05) is 25.6 Å². The number of carbonyl (C=O) groups excluding carboxylic acids is 3. The van der Waals surface area contributed by atoms with Gasteiger partial charge in [0.05, 0.1) is 23.6 Å². The first kappa shape index (κ1) is 23.2. The largest absolute Gasteiger partial charge is 0.495 e. The van der Waals surface area contributed by atoms with E-state index in [1.165, 1.54) is 13.2 Å². The van der Waals surface area contributed by atoms with Crippen LogP contribution in [0.4, 0.5) is 10.5 Å². The maximum Gasteiger partial charge on any atom is 0.294 e. The quantitative estimate of drug-likeness (QED) is 0.501. The molecule has 31 heavy (non-hydrogen) atoms. The van der Waals surface area contributed by atoms with E-state index in [1.54, 1.807) is 30.3 Å². The number of nitrogens with zero attached hydrogens (tertiary/aromatic N) is 1. The number of hydrogen-bond acceptors (Lipinski definition) is 6. The summed E-state index contributed by atoms with van der Waals surface area (Å²) in [5.74, 6) is -0.0103. The summed E-state index contributed by atoms with van der Waals surface area (Å²) in [5.41, 5.74) is 1.08. The lowest BCUT2D eigenvalue weighted by atomic mass is 10.2. The van der Waals surface area contributed by atoms with Crippen LogP contribution < -0.4 is 14.8 Å². The monoisotopic (exact) mass is 524 g/mol. The van der Waals surface area contributed by atoms with Crippen LogP contribution in [0.1, 0.15) is 12.5 Å². The second-order valence-corrected chi connectivity index (χ2v) is 8.60. The van der Waals surface area contributed by atoms with E-state index in [1.807, 2.05) is 13.0 Å².